The molecule has 16 heavy (non-hydrogen) atoms. The van der Waals surface area contributed by atoms with E-state index in [1.807, 2.05) is 0 Å². The van der Waals surface area contributed by atoms with Gasteiger partial charge in [-0.05, 0) is 19.1 Å². The number of hydrogen-bond donors (Lipinski definition) is 1. The molecule has 0 saturated heterocycles. The van der Waals surface area contributed by atoms with E-state index in [4.69, 9.17) is 4.74 Å². The van der Waals surface area contributed by atoms with Gasteiger partial charge in [0.15, 0.2) is 0 Å². The third-order valence-corrected chi connectivity index (χ3v) is 1.85. The molecule has 0 unspecified atom stereocenters. The molecule has 5 heteroatoms. The largest absolute Gasteiger partial charge is 0.462 e. The zero-order chi connectivity index (χ0) is 12.0. The maximum absolute atomic E-state index is 11.4. The molecule has 5 nitrogen and oxygen atoms in total. The highest BCUT2D eigenvalue weighted by Gasteiger charge is 2.07. The van der Waals surface area contributed by atoms with Crippen LogP contribution in [0.2, 0.25) is 0 Å². The number of nitrogens with one attached hydrogen (secondary N) is 1. The number of amides is 1. The zero-order valence-electron chi connectivity index (χ0n) is 9.32. The Balaban J connectivity index is 2.70. The van der Waals surface area contributed by atoms with Crippen LogP contribution in [0.25, 0.3) is 0 Å². The molecule has 86 valence electrons. The van der Waals surface area contributed by atoms with Crippen molar-refractivity contribution in [3.63, 3.8) is 0 Å². The van der Waals surface area contributed by atoms with Crippen LogP contribution in [0.5, 0.6) is 0 Å². The van der Waals surface area contributed by atoms with Gasteiger partial charge >= 0.3 is 5.97 Å². The standard InChI is InChI=1S/C11H14N2O3/c1-3-16-11(15)9-4-5-12-10(6-9)7-13-8(2)14/h4-6H,3,7H2,1-2H3,(H,13,14). The Bertz CT molecular complexity index is 391. The lowest BCUT2D eigenvalue weighted by atomic mass is 10.2. The SMILES string of the molecule is CCOC(=O)c1ccnc(CNC(C)=O)c1. The first-order valence-corrected chi connectivity index (χ1v) is 5.00. The van der Waals surface area contributed by atoms with Gasteiger partial charge in [-0.2, -0.15) is 0 Å². The van der Waals surface area contributed by atoms with E-state index in [9.17, 15) is 9.59 Å². The van der Waals surface area contributed by atoms with Gasteiger partial charge in [-0.1, -0.05) is 0 Å². The maximum Gasteiger partial charge on any atom is 0.338 e. The van der Waals surface area contributed by atoms with Crippen molar-refractivity contribution in [2.75, 3.05) is 6.61 Å². The van der Waals surface area contributed by atoms with Crippen molar-refractivity contribution in [1.82, 2.24) is 10.3 Å². The van der Waals surface area contributed by atoms with Gasteiger partial charge in [-0.3, -0.25) is 9.78 Å². The Morgan fingerprint density at radius 3 is 2.88 bits per heavy atom. The topological polar surface area (TPSA) is 68.3 Å². The highest BCUT2D eigenvalue weighted by molar-refractivity contribution is 5.89. The third-order valence-electron chi connectivity index (χ3n) is 1.85. The van der Waals surface area contributed by atoms with E-state index in [-0.39, 0.29) is 11.9 Å². The highest BCUT2D eigenvalue weighted by Crippen LogP contribution is 2.03. The molecule has 1 aromatic rings. The van der Waals surface area contributed by atoms with Gasteiger partial charge in [0.2, 0.25) is 5.91 Å². The number of esters is 1. The van der Waals surface area contributed by atoms with E-state index in [1.165, 1.54) is 13.1 Å². The van der Waals surface area contributed by atoms with E-state index in [2.05, 4.69) is 10.3 Å². The monoisotopic (exact) mass is 222 g/mol. The summed E-state index contributed by atoms with van der Waals surface area (Å²) < 4.78 is 4.85. The molecule has 0 atom stereocenters. The zero-order valence-corrected chi connectivity index (χ0v) is 9.32. The molecule has 0 aromatic carbocycles. The van der Waals surface area contributed by atoms with Gasteiger partial charge in [-0.25, -0.2) is 4.79 Å². The minimum atomic E-state index is -0.381. The molecule has 1 rings (SSSR count). The molecule has 0 radical (unpaired) electrons. The van der Waals surface area contributed by atoms with Gasteiger partial charge in [0.05, 0.1) is 24.4 Å². The van der Waals surface area contributed by atoms with Gasteiger partial charge in [0.1, 0.15) is 0 Å². The Labute approximate surface area is 93.8 Å². The second-order valence-corrected chi connectivity index (χ2v) is 3.17. The predicted molar refractivity (Wildman–Crippen MR) is 57.7 cm³/mol. The fourth-order valence-electron chi connectivity index (χ4n) is 1.13. The Kier molecular flexibility index (Phi) is 4.44. The van der Waals surface area contributed by atoms with Crippen LogP contribution in [0.4, 0.5) is 0 Å². The normalized spacial score (nSPS) is 9.62. The lowest BCUT2D eigenvalue weighted by Crippen LogP contribution is -2.20. The average molecular weight is 222 g/mol. The lowest BCUT2D eigenvalue weighted by Gasteiger charge is -2.04. The minimum Gasteiger partial charge on any atom is -0.462 e. The minimum absolute atomic E-state index is 0.136. The van der Waals surface area contributed by atoms with Crippen LogP contribution < -0.4 is 5.32 Å². The van der Waals surface area contributed by atoms with Crippen molar-refractivity contribution in [2.24, 2.45) is 0 Å². The molecule has 1 N–H and O–H groups in total. The number of rotatable bonds is 4. The molecule has 0 aliphatic carbocycles. The van der Waals surface area contributed by atoms with E-state index in [0.29, 0.717) is 24.4 Å². The molecule has 0 spiro atoms. The van der Waals surface area contributed by atoms with Gasteiger partial charge in [-0.15, -0.1) is 0 Å². The summed E-state index contributed by atoms with van der Waals surface area (Å²) in [5, 5.41) is 2.61. The number of carbonyl (C=O) groups is 2. The molecule has 0 saturated carbocycles. The summed E-state index contributed by atoms with van der Waals surface area (Å²) in [6.07, 6.45) is 1.52. The van der Waals surface area contributed by atoms with Crippen molar-refractivity contribution in [3.8, 4) is 0 Å². The predicted octanol–water partition coefficient (Wildman–Crippen LogP) is 0.894. The van der Waals surface area contributed by atoms with E-state index in [0.717, 1.165) is 0 Å². The van der Waals surface area contributed by atoms with Crippen LogP contribution in [0.3, 0.4) is 0 Å². The summed E-state index contributed by atoms with van der Waals surface area (Å²) in [7, 11) is 0. The first-order valence-electron chi connectivity index (χ1n) is 5.00. The first kappa shape index (κ1) is 12.2. The summed E-state index contributed by atoms with van der Waals surface area (Å²) in [6.45, 7) is 3.82. The highest BCUT2D eigenvalue weighted by atomic mass is 16.5. The second-order valence-electron chi connectivity index (χ2n) is 3.17. The van der Waals surface area contributed by atoms with E-state index in [1.54, 1.807) is 19.1 Å². The molecular formula is C11H14N2O3. The third kappa shape index (κ3) is 3.68. The summed E-state index contributed by atoms with van der Waals surface area (Å²) >= 11 is 0. The van der Waals surface area contributed by atoms with Crippen LogP contribution in [-0.4, -0.2) is 23.5 Å². The van der Waals surface area contributed by atoms with E-state index >= 15 is 0 Å². The second kappa shape index (κ2) is 5.85. The molecule has 0 aliphatic rings. The molecule has 0 aliphatic heterocycles. The number of pyridine rings is 1. The molecule has 0 bridgehead atoms. The lowest BCUT2D eigenvalue weighted by molar-refractivity contribution is -0.119. The Morgan fingerprint density at radius 1 is 1.50 bits per heavy atom. The van der Waals surface area contributed by atoms with E-state index < -0.39 is 0 Å². The summed E-state index contributed by atoms with van der Waals surface area (Å²) in [5.41, 5.74) is 1.07. The van der Waals surface area contributed by atoms with Crippen LogP contribution in [-0.2, 0) is 16.1 Å². The molecule has 1 amide bonds. The molecule has 0 fully saturated rings. The number of carbonyl (C=O) groups excluding carboxylic acids is 2. The van der Waals surface area contributed by atoms with Crippen molar-refractivity contribution >= 4 is 11.9 Å². The number of hydrogen-bond acceptors (Lipinski definition) is 4. The quantitative estimate of drug-likeness (QED) is 0.768. The first-order chi connectivity index (χ1) is 7.63. The number of aromatic nitrogens is 1. The smallest absolute Gasteiger partial charge is 0.338 e. The number of nitrogens with zero attached hydrogens (tertiary/aromatic N) is 1. The Hall–Kier alpha value is -1.91. The maximum atomic E-state index is 11.4. The van der Waals surface area contributed by atoms with Gasteiger partial charge in [0.25, 0.3) is 0 Å². The van der Waals surface area contributed by atoms with Gasteiger partial charge in [0, 0.05) is 13.1 Å². The van der Waals surface area contributed by atoms with Crippen LogP contribution >= 0.6 is 0 Å². The fourth-order valence-corrected chi connectivity index (χ4v) is 1.13. The molecular weight excluding hydrogens is 208 g/mol. The van der Waals surface area contributed by atoms with Crippen LogP contribution in [0, 0.1) is 0 Å². The van der Waals surface area contributed by atoms with Crippen LogP contribution in [0.15, 0.2) is 18.3 Å². The molecule has 1 aromatic heterocycles. The van der Waals surface area contributed by atoms with Crippen molar-refractivity contribution in [2.45, 2.75) is 20.4 Å². The van der Waals surface area contributed by atoms with Gasteiger partial charge < -0.3 is 10.1 Å². The molecule has 1 heterocycles. The van der Waals surface area contributed by atoms with Crippen molar-refractivity contribution in [1.29, 1.82) is 0 Å². The summed E-state index contributed by atoms with van der Waals surface area (Å²) in [4.78, 5) is 26.1. The summed E-state index contributed by atoms with van der Waals surface area (Å²) in [6, 6.07) is 3.18. The number of ether oxygens (including phenoxy) is 1. The van der Waals surface area contributed by atoms with Crippen molar-refractivity contribution < 1.29 is 14.3 Å². The Morgan fingerprint density at radius 2 is 2.25 bits per heavy atom. The average Bonchev–Trinajstić information content (AvgIpc) is 2.27. The summed E-state index contributed by atoms with van der Waals surface area (Å²) in [5.74, 6) is -0.516. The van der Waals surface area contributed by atoms with Crippen LogP contribution in [0.1, 0.15) is 29.9 Å². The fraction of sp³-hybridized carbons (Fsp3) is 0.364. The van der Waals surface area contributed by atoms with Crippen molar-refractivity contribution in [3.05, 3.63) is 29.6 Å².